The van der Waals surface area contributed by atoms with E-state index in [1.165, 1.54) is 0 Å². The van der Waals surface area contributed by atoms with Crippen LogP contribution >= 0.6 is 12.6 Å². The van der Waals surface area contributed by atoms with Crippen LogP contribution in [-0.4, -0.2) is 61.1 Å². The van der Waals surface area contributed by atoms with Crippen molar-refractivity contribution in [3.05, 3.63) is 59.7 Å². The molecule has 7 nitrogen and oxygen atoms in total. The Morgan fingerprint density at radius 1 is 1.43 bits per heavy atom. The van der Waals surface area contributed by atoms with Gasteiger partial charge in [-0.25, -0.2) is 9.98 Å². The van der Waals surface area contributed by atoms with E-state index in [0.717, 1.165) is 59.7 Å². The van der Waals surface area contributed by atoms with E-state index < -0.39 is 0 Å². The van der Waals surface area contributed by atoms with Crippen molar-refractivity contribution in [2.45, 2.75) is 59.0 Å². The molecule has 1 unspecified atom stereocenters. The maximum atomic E-state index is 11.8. The number of amidine groups is 1. The summed E-state index contributed by atoms with van der Waals surface area (Å²) in [5, 5.41) is 3.54. The minimum atomic E-state index is 0.233. The van der Waals surface area contributed by atoms with Gasteiger partial charge in [0.1, 0.15) is 24.5 Å². The lowest BCUT2D eigenvalue weighted by Gasteiger charge is -2.26. The van der Waals surface area contributed by atoms with Crippen LogP contribution in [0, 0.1) is 0 Å². The molecule has 1 aliphatic carbocycles. The van der Waals surface area contributed by atoms with Crippen molar-refractivity contribution < 1.29 is 14.3 Å². The zero-order valence-corrected chi connectivity index (χ0v) is 22.8. The number of likely N-dealkylation sites (N-methyl/N-ethyl adjacent to an activating group) is 1. The molecule has 0 saturated heterocycles. The summed E-state index contributed by atoms with van der Waals surface area (Å²) in [7, 11) is 3.58. The Morgan fingerprint density at radius 3 is 2.86 bits per heavy atom. The van der Waals surface area contributed by atoms with Crippen molar-refractivity contribution in [2.24, 2.45) is 4.99 Å². The second-order valence-corrected chi connectivity index (χ2v) is 8.32. The Kier molecular flexibility index (Phi) is 15.5. The summed E-state index contributed by atoms with van der Waals surface area (Å²) in [5.41, 5.74) is 2.74. The van der Waals surface area contributed by atoms with Crippen molar-refractivity contribution in [3.63, 3.8) is 0 Å². The first-order chi connectivity index (χ1) is 17.0. The molecule has 1 heterocycles. The number of aromatic nitrogens is 1. The molecule has 0 spiro atoms. The number of carbonyl (C=O) groups excluding carboxylic acids is 1. The monoisotopic (exact) mass is 502 g/mol. The molecule has 0 amide bonds. The summed E-state index contributed by atoms with van der Waals surface area (Å²) < 4.78 is 10.9. The van der Waals surface area contributed by atoms with Gasteiger partial charge in [-0.15, -0.1) is 0 Å². The van der Waals surface area contributed by atoms with Gasteiger partial charge in [-0.3, -0.25) is 4.79 Å². The zero-order chi connectivity index (χ0) is 26.1. The number of aliphatic imine (C=N–C) groups is 1. The quantitative estimate of drug-likeness (QED) is 0.0991. The number of hydrogen-bond donors (Lipinski definition) is 2. The molecular weight excluding hydrogens is 460 g/mol. The standard InChI is InChI=1S/C25H36N4O3S.C2H6/c1-5-23(7-6-14-33)32-13-12-29(3)19(2)28-24-9-8-22(16-21(24)18-30)27-17-20-10-11-26-25(15-20)31-4;1-2/h5,7,10-11,15,18,22,27,33H,1,6,8-9,12-14,16-17H2,2-4H3;1-2H3/b23-7-,28-19?;. The fraction of sp³-hybridized carbons (Fsp3) is 0.519. The molecule has 1 aromatic heterocycles. The maximum Gasteiger partial charge on any atom is 0.213 e. The van der Waals surface area contributed by atoms with Crippen LogP contribution in [-0.2, 0) is 16.1 Å². The first kappa shape index (κ1) is 30.5. The molecule has 0 aromatic carbocycles. The lowest BCUT2D eigenvalue weighted by Crippen LogP contribution is -2.32. The summed E-state index contributed by atoms with van der Waals surface area (Å²) in [6.45, 7) is 11.6. The molecule has 1 N–H and O–H groups in total. The van der Waals surface area contributed by atoms with E-state index in [9.17, 15) is 4.79 Å². The van der Waals surface area contributed by atoms with Gasteiger partial charge in [0.15, 0.2) is 0 Å². The highest BCUT2D eigenvalue weighted by atomic mass is 32.1. The van der Waals surface area contributed by atoms with E-state index in [-0.39, 0.29) is 6.04 Å². The van der Waals surface area contributed by atoms with Gasteiger partial charge in [-0.05, 0) is 62.1 Å². The number of nitrogens with zero attached hydrogens (tertiary/aromatic N) is 3. The predicted molar refractivity (Wildman–Crippen MR) is 148 cm³/mol. The maximum absolute atomic E-state index is 11.8. The van der Waals surface area contributed by atoms with Crippen LogP contribution in [0.25, 0.3) is 0 Å². The summed E-state index contributed by atoms with van der Waals surface area (Å²) in [5.74, 6) is 3.01. The molecule has 0 bridgehead atoms. The van der Waals surface area contributed by atoms with E-state index in [1.807, 2.05) is 50.9 Å². The third-order valence-corrected chi connectivity index (χ3v) is 5.79. The highest BCUT2D eigenvalue weighted by Crippen LogP contribution is 2.25. The van der Waals surface area contributed by atoms with Crippen molar-refractivity contribution >= 4 is 24.8 Å². The van der Waals surface area contributed by atoms with Crippen LogP contribution in [0.3, 0.4) is 0 Å². The van der Waals surface area contributed by atoms with Crippen LogP contribution in [0.4, 0.5) is 0 Å². The minimum absolute atomic E-state index is 0.233. The van der Waals surface area contributed by atoms with Crippen LogP contribution < -0.4 is 10.1 Å². The van der Waals surface area contributed by atoms with Crippen molar-refractivity contribution in [3.8, 4) is 5.88 Å². The molecule has 0 fully saturated rings. The summed E-state index contributed by atoms with van der Waals surface area (Å²) >= 11 is 4.21. The van der Waals surface area contributed by atoms with Gasteiger partial charge in [-0.1, -0.05) is 20.4 Å². The third-order valence-electron chi connectivity index (χ3n) is 5.53. The number of rotatable bonds is 13. The molecule has 1 aliphatic rings. The number of thiol groups is 1. The Balaban J connectivity index is 0.00000298. The van der Waals surface area contributed by atoms with Gasteiger partial charge in [0.25, 0.3) is 0 Å². The fourth-order valence-corrected chi connectivity index (χ4v) is 3.59. The first-order valence-corrected chi connectivity index (χ1v) is 12.9. The van der Waals surface area contributed by atoms with Crippen LogP contribution in [0.2, 0.25) is 0 Å². The number of carbonyl (C=O) groups is 1. The topological polar surface area (TPSA) is 76.0 Å². The molecule has 0 radical (unpaired) electrons. The van der Waals surface area contributed by atoms with Gasteiger partial charge in [0, 0.05) is 43.2 Å². The Bertz CT molecular complexity index is 883. The summed E-state index contributed by atoms with van der Waals surface area (Å²) in [6.07, 6.45) is 9.59. The molecule has 2 rings (SSSR count). The van der Waals surface area contributed by atoms with E-state index in [2.05, 4.69) is 29.5 Å². The molecule has 194 valence electrons. The largest absolute Gasteiger partial charge is 0.492 e. The van der Waals surface area contributed by atoms with Gasteiger partial charge in [0.2, 0.25) is 5.88 Å². The first-order valence-electron chi connectivity index (χ1n) is 12.2. The Labute approximate surface area is 216 Å². The molecule has 0 saturated carbocycles. The molecule has 0 aliphatic heterocycles. The third kappa shape index (κ3) is 11.1. The number of aldehydes is 1. The SMILES string of the molecule is C=C/C(=C/CCS)OCCN(C)C(C)=NC1=C(C=O)CC(NCc2ccnc(OC)c2)CC1.CC. The normalized spacial score (nSPS) is 16.2. The number of pyridine rings is 1. The molecule has 8 heteroatoms. The second-order valence-electron chi connectivity index (χ2n) is 7.87. The number of methoxy groups -OCH3 is 1. The van der Waals surface area contributed by atoms with Crippen LogP contribution in [0.15, 0.2) is 59.1 Å². The highest BCUT2D eigenvalue weighted by Gasteiger charge is 2.21. The summed E-state index contributed by atoms with van der Waals surface area (Å²) in [4.78, 5) is 22.7. The van der Waals surface area contributed by atoms with Crippen molar-refractivity contribution in [2.75, 3.05) is 33.1 Å². The van der Waals surface area contributed by atoms with Gasteiger partial charge >= 0.3 is 0 Å². The van der Waals surface area contributed by atoms with Crippen molar-refractivity contribution in [1.82, 2.24) is 15.2 Å². The van der Waals surface area contributed by atoms with E-state index >= 15 is 0 Å². The average Bonchev–Trinajstić information content (AvgIpc) is 2.90. The number of hydrogen-bond acceptors (Lipinski definition) is 7. The Morgan fingerprint density at radius 2 is 2.20 bits per heavy atom. The number of nitrogens with one attached hydrogen (secondary N) is 1. The number of allylic oxidation sites excluding steroid dienone is 3. The van der Waals surface area contributed by atoms with Crippen molar-refractivity contribution in [1.29, 1.82) is 0 Å². The zero-order valence-electron chi connectivity index (χ0n) is 21.9. The van der Waals surface area contributed by atoms with Gasteiger partial charge in [-0.2, -0.15) is 12.6 Å². The lowest BCUT2D eigenvalue weighted by molar-refractivity contribution is -0.105. The lowest BCUT2D eigenvalue weighted by atomic mass is 9.92. The molecule has 35 heavy (non-hydrogen) atoms. The average molecular weight is 503 g/mol. The minimum Gasteiger partial charge on any atom is -0.492 e. The van der Waals surface area contributed by atoms with Gasteiger partial charge < -0.3 is 19.7 Å². The smallest absolute Gasteiger partial charge is 0.213 e. The van der Waals surface area contributed by atoms with Crippen LogP contribution in [0.5, 0.6) is 5.88 Å². The van der Waals surface area contributed by atoms with Crippen LogP contribution in [0.1, 0.15) is 52.0 Å². The second kappa shape index (κ2) is 17.8. The molecular formula is C27H42N4O3S. The highest BCUT2D eigenvalue weighted by molar-refractivity contribution is 7.80. The van der Waals surface area contributed by atoms with E-state index in [1.54, 1.807) is 19.4 Å². The predicted octanol–water partition coefficient (Wildman–Crippen LogP) is 4.97. The molecule has 1 aromatic rings. The fourth-order valence-electron chi connectivity index (χ4n) is 3.46. The Hall–Kier alpha value is -2.58. The van der Waals surface area contributed by atoms with Gasteiger partial charge in [0.05, 0.1) is 13.7 Å². The molecule has 1 atom stereocenters. The number of ether oxygens (including phenoxy) is 2. The summed E-state index contributed by atoms with van der Waals surface area (Å²) in [6, 6.07) is 4.11. The van der Waals surface area contributed by atoms with E-state index in [4.69, 9.17) is 14.5 Å². The van der Waals surface area contributed by atoms with E-state index in [0.29, 0.717) is 32.0 Å².